The van der Waals surface area contributed by atoms with Gasteiger partial charge in [0, 0.05) is 29.6 Å². The van der Waals surface area contributed by atoms with Gasteiger partial charge in [-0.1, -0.05) is 69.3 Å². The summed E-state index contributed by atoms with van der Waals surface area (Å²) < 4.78 is 12.5. The number of esters is 1. The van der Waals surface area contributed by atoms with E-state index in [4.69, 9.17) is 9.47 Å². The standard InChI is InChI=1S/C25H30N2O4/c1-17(2)14-27-15-21(20-12-8-9-13-22(20)27)18(3)23(24(28)30-4)26-25(29)31-16-19-10-6-5-7-11-19/h5-13,15,17-18,23H,14,16H2,1-4H3,(H,26,29)/t18-,23-/m1/s1. The molecule has 0 bridgehead atoms. The molecule has 0 aliphatic rings. The lowest BCUT2D eigenvalue weighted by molar-refractivity contribution is -0.143. The highest BCUT2D eigenvalue weighted by molar-refractivity contribution is 5.87. The first kappa shape index (κ1) is 22.4. The highest BCUT2D eigenvalue weighted by atomic mass is 16.6. The Morgan fingerprint density at radius 1 is 1.00 bits per heavy atom. The fourth-order valence-electron chi connectivity index (χ4n) is 3.77. The lowest BCUT2D eigenvalue weighted by Gasteiger charge is -2.22. The average Bonchev–Trinajstić information content (AvgIpc) is 3.13. The van der Waals surface area contributed by atoms with Gasteiger partial charge in [0.15, 0.2) is 0 Å². The van der Waals surface area contributed by atoms with Gasteiger partial charge in [-0.3, -0.25) is 0 Å². The number of benzene rings is 2. The average molecular weight is 423 g/mol. The van der Waals surface area contributed by atoms with Crippen LogP contribution in [-0.2, 0) is 27.4 Å². The minimum atomic E-state index is -0.869. The molecule has 3 rings (SSSR count). The molecule has 0 saturated heterocycles. The van der Waals surface area contributed by atoms with Crippen molar-refractivity contribution in [1.29, 1.82) is 0 Å². The van der Waals surface area contributed by atoms with Crippen molar-refractivity contribution in [3.05, 3.63) is 71.9 Å². The van der Waals surface area contributed by atoms with Crippen LogP contribution in [0.3, 0.4) is 0 Å². The maximum atomic E-state index is 12.6. The Morgan fingerprint density at radius 2 is 1.68 bits per heavy atom. The predicted octanol–water partition coefficient (Wildman–Crippen LogP) is 4.87. The molecule has 0 aliphatic carbocycles. The van der Waals surface area contributed by atoms with E-state index in [0.29, 0.717) is 5.92 Å². The molecule has 1 aromatic heterocycles. The van der Waals surface area contributed by atoms with Crippen molar-refractivity contribution in [1.82, 2.24) is 9.88 Å². The van der Waals surface area contributed by atoms with Crippen LogP contribution in [-0.4, -0.2) is 29.8 Å². The molecule has 3 aromatic rings. The molecule has 0 fully saturated rings. The highest BCUT2D eigenvalue weighted by Gasteiger charge is 2.31. The van der Waals surface area contributed by atoms with Crippen LogP contribution in [0.1, 0.15) is 37.8 Å². The predicted molar refractivity (Wildman–Crippen MR) is 121 cm³/mol. The molecule has 2 aromatic carbocycles. The van der Waals surface area contributed by atoms with E-state index in [2.05, 4.69) is 36.0 Å². The van der Waals surface area contributed by atoms with Gasteiger partial charge in [-0.15, -0.1) is 0 Å². The molecule has 6 heteroatoms. The number of fused-ring (bicyclic) bond motifs is 1. The SMILES string of the molecule is COC(=O)[C@H](NC(=O)OCc1ccccc1)[C@H](C)c1cn(CC(C)C)c2ccccc12. The molecule has 0 aliphatic heterocycles. The van der Waals surface area contributed by atoms with E-state index in [-0.39, 0.29) is 12.5 Å². The zero-order chi connectivity index (χ0) is 22.4. The second kappa shape index (κ2) is 10.2. The maximum Gasteiger partial charge on any atom is 0.408 e. The minimum absolute atomic E-state index is 0.128. The van der Waals surface area contributed by atoms with Gasteiger partial charge in [-0.2, -0.15) is 0 Å². The summed E-state index contributed by atoms with van der Waals surface area (Å²) in [5, 5.41) is 3.77. The van der Waals surface area contributed by atoms with Crippen LogP contribution >= 0.6 is 0 Å². The van der Waals surface area contributed by atoms with Crippen molar-refractivity contribution in [2.45, 2.75) is 45.9 Å². The second-order valence-corrected chi connectivity index (χ2v) is 8.14. The third kappa shape index (κ3) is 5.45. The molecule has 1 N–H and O–H groups in total. The summed E-state index contributed by atoms with van der Waals surface area (Å²) in [6.07, 6.45) is 1.42. The lowest BCUT2D eigenvalue weighted by atomic mass is 9.93. The summed E-state index contributed by atoms with van der Waals surface area (Å²) in [5.41, 5.74) is 2.96. The van der Waals surface area contributed by atoms with Crippen molar-refractivity contribution < 1.29 is 19.1 Å². The smallest absolute Gasteiger partial charge is 0.408 e. The van der Waals surface area contributed by atoms with E-state index in [9.17, 15) is 9.59 Å². The topological polar surface area (TPSA) is 69.6 Å². The molecule has 164 valence electrons. The van der Waals surface area contributed by atoms with Crippen molar-refractivity contribution in [3.8, 4) is 0 Å². The first-order valence-corrected chi connectivity index (χ1v) is 10.5. The van der Waals surface area contributed by atoms with Gasteiger partial charge < -0.3 is 19.4 Å². The van der Waals surface area contributed by atoms with Crippen molar-refractivity contribution >= 4 is 23.0 Å². The molecule has 1 amide bonds. The zero-order valence-corrected chi connectivity index (χ0v) is 18.5. The minimum Gasteiger partial charge on any atom is -0.467 e. The molecule has 31 heavy (non-hydrogen) atoms. The summed E-state index contributed by atoms with van der Waals surface area (Å²) >= 11 is 0. The van der Waals surface area contributed by atoms with Crippen LogP contribution < -0.4 is 5.32 Å². The van der Waals surface area contributed by atoms with E-state index in [1.165, 1.54) is 7.11 Å². The van der Waals surface area contributed by atoms with Crippen LogP contribution in [0.5, 0.6) is 0 Å². The number of carbonyl (C=O) groups excluding carboxylic acids is 2. The van der Waals surface area contributed by atoms with Crippen molar-refractivity contribution in [3.63, 3.8) is 0 Å². The van der Waals surface area contributed by atoms with E-state index in [0.717, 1.165) is 28.6 Å². The highest BCUT2D eigenvalue weighted by Crippen LogP contribution is 2.31. The quantitative estimate of drug-likeness (QED) is 0.526. The lowest BCUT2D eigenvalue weighted by Crippen LogP contribution is -2.45. The Bertz CT molecular complexity index is 1030. The Labute approximate surface area is 183 Å². The normalized spacial score (nSPS) is 13.1. The number of aromatic nitrogens is 1. The summed E-state index contributed by atoms with van der Waals surface area (Å²) in [6, 6.07) is 16.6. The molecule has 1 heterocycles. The largest absolute Gasteiger partial charge is 0.467 e. The molecule has 0 saturated carbocycles. The Morgan fingerprint density at radius 3 is 2.35 bits per heavy atom. The zero-order valence-electron chi connectivity index (χ0n) is 18.5. The van der Waals surface area contributed by atoms with E-state index >= 15 is 0 Å². The number of nitrogens with zero attached hydrogens (tertiary/aromatic N) is 1. The van der Waals surface area contributed by atoms with E-state index in [1.807, 2.05) is 55.5 Å². The van der Waals surface area contributed by atoms with Gasteiger partial charge in [0.1, 0.15) is 12.6 Å². The van der Waals surface area contributed by atoms with E-state index < -0.39 is 18.1 Å². The number of ether oxygens (including phenoxy) is 2. The Balaban J connectivity index is 1.82. The number of methoxy groups -OCH3 is 1. The molecule has 0 radical (unpaired) electrons. The summed E-state index contributed by atoms with van der Waals surface area (Å²) in [5.74, 6) is -0.346. The Kier molecular flexibility index (Phi) is 7.34. The first-order valence-electron chi connectivity index (χ1n) is 10.5. The second-order valence-electron chi connectivity index (χ2n) is 8.14. The van der Waals surface area contributed by atoms with Gasteiger partial charge in [0.05, 0.1) is 7.11 Å². The number of para-hydroxylation sites is 1. The number of rotatable bonds is 8. The first-order chi connectivity index (χ1) is 14.9. The molecule has 0 unspecified atom stereocenters. The van der Waals surface area contributed by atoms with Crippen LogP contribution in [0.4, 0.5) is 4.79 Å². The van der Waals surface area contributed by atoms with Crippen LogP contribution in [0, 0.1) is 5.92 Å². The van der Waals surface area contributed by atoms with Gasteiger partial charge in [0.2, 0.25) is 0 Å². The fourth-order valence-corrected chi connectivity index (χ4v) is 3.77. The summed E-state index contributed by atoms with van der Waals surface area (Å²) in [4.78, 5) is 25.0. The summed E-state index contributed by atoms with van der Waals surface area (Å²) in [7, 11) is 1.32. The number of carbonyl (C=O) groups is 2. The van der Waals surface area contributed by atoms with Gasteiger partial charge in [0.25, 0.3) is 0 Å². The summed E-state index contributed by atoms with van der Waals surface area (Å²) in [6.45, 7) is 7.24. The monoisotopic (exact) mass is 422 g/mol. The molecular formula is C25H30N2O4. The van der Waals surface area contributed by atoms with Gasteiger partial charge in [-0.05, 0) is 23.1 Å². The van der Waals surface area contributed by atoms with Crippen LogP contribution in [0.25, 0.3) is 10.9 Å². The molecular weight excluding hydrogens is 392 g/mol. The number of hydrogen-bond acceptors (Lipinski definition) is 4. The number of alkyl carbamates (subject to hydrolysis) is 1. The van der Waals surface area contributed by atoms with Crippen molar-refractivity contribution in [2.24, 2.45) is 5.92 Å². The number of hydrogen-bond donors (Lipinski definition) is 1. The van der Waals surface area contributed by atoms with Gasteiger partial charge in [-0.25, -0.2) is 9.59 Å². The van der Waals surface area contributed by atoms with E-state index in [1.54, 1.807) is 0 Å². The third-order valence-corrected chi connectivity index (χ3v) is 5.31. The van der Waals surface area contributed by atoms with Crippen LogP contribution in [0.15, 0.2) is 60.8 Å². The molecule has 6 nitrogen and oxygen atoms in total. The van der Waals surface area contributed by atoms with Gasteiger partial charge >= 0.3 is 12.1 Å². The number of nitrogens with one attached hydrogen (secondary N) is 1. The fraction of sp³-hybridized carbons (Fsp3) is 0.360. The molecule has 2 atom stereocenters. The third-order valence-electron chi connectivity index (χ3n) is 5.31. The van der Waals surface area contributed by atoms with Crippen LogP contribution in [0.2, 0.25) is 0 Å². The maximum absolute atomic E-state index is 12.6. The number of amides is 1. The van der Waals surface area contributed by atoms with Crippen molar-refractivity contribution in [2.75, 3.05) is 7.11 Å². The molecule has 0 spiro atoms. The Hall–Kier alpha value is -3.28.